The van der Waals surface area contributed by atoms with Crippen molar-refractivity contribution in [3.05, 3.63) is 23.8 Å². The van der Waals surface area contributed by atoms with Gasteiger partial charge in [0.25, 0.3) is 0 Å². The summed E-state index contributed by atoms with van der Waals surface area (Å²) in [7, 11) is 0. The Bertz CT molecular complexity index is 629. The molecule has 0 spiro atoms. The lowest BCUT2D eigenvalue weighted by Crippen LogP contribution is -2.09. The number of hydrogen-bond acceptors (Lipinski definition) is 1. The maximum atomic E-state index is 10.0. The molecule has 0 aromatic carbocycles. The van der Waals surface area contributed by atoms with E-state index in [1.54, 1.807) is 0 Å². The van der Waals surface area contributed by atoms with Gasteiger partial charge in [-0.2, -0.15) is 0 Å². The van der Waals surface area contributed by atoms with Crippen molar-refractivity contribution in [1.29, 1.82) is 0 Å². The van der Waals surface area contributed by atoms with E-state index in [4.69, 9.17) is 0 Å². The van der Waals surface area contributed by atoms with Gasteiger partial charge >= 0.3 is 0 Å². The zero-order chi connectivity index (χ0) is 31.0. The van der Waals surface area contributed by atoms with Crippen molar-refractivity contribution in [2.75, 3.05) is 6.61 Å². The Labute approximate surface area is 260 Å². The third kappa shape index (κ3) is 25.6. The van der Waals surface area contributed by atoms with Crippen LogP contribution in [0.2, 0.25) is 0 Å². The molecular weight excluding hydrogens is 496 g/mol. The molecule has 0 aliphatic carbocycles. The first-order valence-electron chi connectivity index (χ1n) is 18.4. The molecule has 0 aliphatic heterocycles. The van der Waals surface area contributed by atoms with Crippen LogP contribution in [0.15, 0.2) is 23.8 Å². The van der Waals surface area contributed by atoms with Crippen LogP contribution < -0.4 is 0 Å². The van der Waals surface area contributed by atoms with Crippen LogP contribution in [-0.2, 0) is 0 Å². The first-order chi connectivity index (χ1) is 19.4. The van der Waals surface area contributed by atoms with Crippen molar-refractivity contribution in [2.24, 2.45) is 41.4 Å². The van der Waals surface area contributed by atoms with Gasteiger partial charge in [-0.05, 0) is 74.5 Å². The molecule has 0 heterocycles. The second-order valence-electron chi connectivity index (χ2n) is 15.5. The number of aliphatic hydroxyl groups is 1. The summed E-state index contributed by atoms with van der Waals surface area (Å²) in [6, 6.07) is 0. The van der Waals surface area contributed by atoms with E-state index in [2.05, 4.69) is 75.0 Å². The quantitative estimate of drug-likeness (QED) is 0.0921. The van der Waals surface area contributed by atoms with Crippen molar-refractivity contribution in [2.45, 2.75) is 184 Å². The summed E-state index contributed by atoms with van der Waals surface area (Å²) >= 11 is 0. The topological polar surface area (TPSA) is 20.2 Å². The van der Waals surface area contributed by atoms with E-state index in [0.29, 0.717) is 0 Å². The van der Waals surface area contributed by atoms with Crippen molar-refractivity contribution in [3.8, 4) is 0 Å². The van der Waals surface area contributed by atoms with Gasteiger partial charge in [-0.25, -0.2) is 0 Å². The van der Waals surface area contributed by atoms with Gasteiger partial charge < -0.3 is 5.11 Å². The third-order valence-electron chi connectivity index (χ3n) is 9.76. The maximum absolute atomic E-state index is 10.0. The third-order valence-corrected chi connectivity index (χ3v) is 9.76. The number of hydrogen-bond donors (Lipinski definition) is 1. The minimum absolute atomic E-state index is 0.230. The molecule has 0 saturated carbocycles. The van der Waals surface area contributed by atoms with Crippen LogP contribution in [0.3, 0.4) is 0 Å². The van der Waals surface area contributed by atoms with Crippen LogP contribution in [0.4, 0.5) is 0 Å². The Morgan fingerprint density at radius 1 is 0.537 bits per heavy atom. The van der Waals surface area contributed by atoms with E-state index < -0.39 is 0 Å². The predicted molar refractivity (Wildman–Crippen MR) is 188 cm³/mol. The predicted octanol–water partition coefficient (Wildman–Crippen LogP) is 13.4. The van der Waals surface area contributed by atoms with E-state index in [0.717, 1.165) is 48.3 Å². The van der Waals surface area contributed by atoms with Gasteiger partial charge in [0.2, 0.25) is 0 Å². The van der Waals surface area contributed by atoms with Crippen LogP contribution >= 0.6 is 0 Å². The van der Waals surface area contributed by atoms with Crippen LogP contribution in [0.1, 0.15) is 184 Å². The molecule has 0 aromatic rings. The molecule has 0 bridgehead atoms. The molecule has 1 heteroatoms. The molecule has 1 nitrogen and oxygen atoms in total. The molecule has 1 N–H and O–H groups in total. The second kappa shape index (κ2) is 25.9. The van der Waals surface area contributed by atoms with Crippen molar-refractivity contribution in [3.63, 3.8) is 0 Å². The van der Waals surface area contributed by atoms with E-state index in [-0.39, 0.29) is 12.5 Å². The Morgan fingerprint density at radius 3 is 1.24 bits per heavy atom. The highest BCUT2D eigenvalue weighted by atomic mass is 16.3. The van der Waals surface area contributed by atoms with Gasteiger partial charge in [-0.1, -0.05) is 169 Å². The summed E-state index contributed by atoms with van der Waals surface area (Å²) in [5.41, 5.74) is 2.75. The van der Waals surface area contributed by atoms with Crippen LogP contribution in [0.25, 0.3) is 0 Å². The van der Waals surface area contributed by atoms with Crippen LogP contribution in [0.5, 0.6) is 0 Å². The van der Waals surface area contributed by atoms with E-state index in [1.807, 2.05) is 0 Å². The molecule has 41 heavy (non-hydrogen) atoms. The van der Waals surface area contributed by atoms with E-state index in [1.165, 1.54) is 120 Å². The largest absolute Gasteiger partial charge is 0.396 e. The smallest absolute Gasteiger partial charge is 0.0499 e. The fraction of sp³-hybridized carbons (Fsp3) is 0.900. The van der Waals surface area contributed by atoms with E-state index >= 15 is 0 Å². The zero-order valence-electron chi connectivity index (χ0n) is 29.9. The van der Waals surface area contributed by atoms with Crippen molar-refractivity contribution in [1.82, 2.24) is 0 Å². The minimum Gasteiger partial charge on any atom is -0.396 e. The van der Waals surface area contributed by atoms with Gasteiger partial charge in [0.15, 0.2) is 0 Å². The molecule has 0 radical (unpaired) electrons. The Kier molecular flexibility index (Phi) is 25.5. The fourth-order valence-corrected chi connectivity index (χ4v) is 6.38. The number of allylic oxidation sites excluding steroid dienone is 2. The van der Waals surface area contributed by atoms with Crippen molar-refractivity contribution < 1.29 is 5.11 Å². The molecule has 5 atom stereocenters. The average Bonchev–Trinajstić information content (AvgIpc) is 2.88. The van der Waals surface area contributed by atoms with E-state index in [9.17, 15) is 5.11 Å². The minimum atomic E-state index is 0.230. The summed E-state index contributed by atoms with van der Waals surface area (Å²) in [5.74, 6) is 5.36. The summed E-state index contributed by atoms with van der Waals surface area (Å²) < 4.78 is 0. The molecule has 0 amide bonds. The maximum Gasteiger partial charge on any atom is 0.0499 e. The standard InChI is InChI=1S/C40H78O/c1-32(2)17-11-19-34(5)21-13-23-36(7)25-15-26-38(9)29-30-40(31-41)39(10)28-16-27-37(8)24-14-22-35(6)20-12-18-33(3)4/h29,32-37,40-41H,10-28,30-31H2,1-9H3/b38-29+/t34-,35+,36-,37+,40+/m1/s1. The number of aliphatic hydroxyl groups excluding tert-OH is 1. The average molecular weight is 575 g/mol. The van der Waals surface area contributed by atoms with Crippen LogP contribution in [0, 0.1) is 41.4 Å². The molecule has 0 aliphatic rings. The zero-order valence-corrected chi connectivity index (χ0v) is 29.9. The highest BCUT2D eigenvalue weighted by Gasteiger charge is 2.12. The molecular formula is C40H78O. The summed E-state index contributed by atoms with van der Waals surface area (Å²) in [6.45, 7) is 26.0. The molecule has 244 valence electrons. The Morgan fingerprint density at radius 2 is 0.878 bits per heavy atom. The summed E-state index contributed by atoms with van der Waals surface area (Å²) in [6.07, 6.45) is 27.5. The normalized spacial score (nSPS) is 16.2. The molecule has 0 saturated heterocycles. The highest BCUT2D eigenvalue weighted by molar-refractivity contribution is 5.06. The monoisotopic (exact) mass is 575 g/mol. The molecule has 0 fully saturated rings. The first-order valence-corrected chi connectivity index (χ1v) is 18.4. The molecule has 0 rings (SSSR count). The summed E-state index contributed by atoms with van der Waals surface area (Å²) in [4.78, 5) is 0. The molecule has 0 aromatic heterocycles. The molecule has 0 unspecified atom stereocenters. The van der Waals surface area contributed by atoms with Gasteiger partial charge in [0.05, 0.1) is 0 Å². The van der Waals surface area contributed by atoms with Gasteiger partial charge in [0, 0.05) is 12.5 Å². The van der Waals surface area contributed by atoms with Gasteiger partial charge in [0.1, 0.15) is 0 Å². The van der Waals surface area contributed by atoms with Crippen LogP contribution in [-0.4, -0.2) is 11.7 Å². The fourth-order valence-electron chi connectivity index (χ4n) is 6.38. The lowest BCUT2D eigenvalue weighted by atomic mass is 9.89. The van der Waals surface area contributed by atoms with Gasteiger partial charge in [-0.3, -0.25) is 0 Å². The lowest BCUT2D eigenvalue weighted by Gasteiger charge is -2.18. The lowest BCUT2D eigenvalue weighted by molar-refractivity contribution is 0.244. The highest BCUT2D eigenvalue weighted by Crippen LogP contribution is 2.26. The van der Waals surface area contributed by atoms with Gasteiger partial charge in [-0.15, -0.1) is 0 Å². The second-order valence-corrected chi connectivity index (χ2v) is 15.5. The summed E-state index contributed by atoms with van der Waals surface area (Å²) in [5, 5.41) is 10.0. The Hall–Kier alpha value is -0.560. The SMILES string of the molecule is C=C(CCC[C@@H](C)CCC[C@@H](C)CCCC(C)C)[C@H](CO)C/C=C(\C)CCC[C@H](C)CCC[C@H](C)CCCC(C)C. The first kappa shape index (κ1) is 40.4. The Balaban J connectivity index is 4.04. The van der Waals surface area contributed by atoms with Crippen molar-refractivity contribution >= 4 is 0 Å². The number of rotatable bonds is 28.